The molecular weight excluding hydrogens is 522 g/mol. The summed E-state index contributed by atoms with van der Waals surface area (Å²) >= 11 is 0. The summed E-state index contributed by atoms with van der Waals surface area (Å²) in [6.45, 7) is 5.35. The molecule has 1 aromatic carbocycles. The summed E-state index contributed by atoms with van der Waals surface area (Å²) in [5, 5.41) is 0. The lowest BCUT2D eigenvalue weighted by Gasteiger charge is -2.26. The van der Waals surface area contributed by atoms with Gasteiger partial charge in [0.2, 0.25) is 0 Å². The van der Waals surface area contributed by atoms with Crippen molar-refractivity contribution in [2.24, 2.45) is 5.73 Å². The van der Waals surface area contributed by atoms with Crippen LogP contribution in [0.25, 0.3) is 0 Å². The van der Waals surface area contributed by atoms with Crippen LogP contribution in [0.5, 0.6) is 0 Å². The van der Waals surface area contributed by atoms with Gasteiger partial charge in [0.05, 0.1) is 0 Å². The van der Waals surface area contributed by atoms with E-state index in [1.165, 1.54) is 166 Å². The Balaban J connectivity index is 0.000000430. The highest BCUT2D eigenvalue weighted by Crippen LogP contribution is 2.18. The molecule has 0 spiro atoms. The highest BCUT2D eigenvalue weighted by Gasteiger charge is 2.21. The summed E-state index contributed by atoms with van der Waals surface area (Å²) in [7, 11) is 0. The molecule has 0 bridgehead atoms. The summed E-state index contributed by atoms with van der Waals surface area (Å²) < 4.78 is 5.80. The van der Waals surface area contributed by atoms with E-state index >= 15 is 0 Å². The SMILES string of the molecule is CCCCCCCCCCCCCCCc1ccccc1.CCCCCCCCCCCCCCOC1(N)C=CC=CC1. The minimum absolute atomic E-state index is 0.549. The van der Waals surface area contributed by atoms with Crippen molar-refractivity contribution < 1.29 is 4.74 Å². The first kappa shape index (κ1) is 39.6. The van der Waals surface area contributed by atoms with Gasteiger partial charge >= 0.3 is 0 Å². The molecule has 2 N–H and O–H groups in total. The van der Waals surface area contributed by atoms with Gasteiger partial charge in [0.25, 0.3) is 0 Å². The first-order valence-electron chi connectivity index (χ1n) is 19.0. The molecule has 0 heterocycles. The molecule has 1 atom stereocenters. The van der Waals surface area contributed by atoms with E-state index in [2.05, 4.69) is 50.3 Å². The van der Waals surface area contributed by atoms with Crippen LogP contribution in [0.2, 0.25) is 0 Å². The van der Waals surface area contributed by atoms with Gasteiger partial charge in [0, 0.05) is 13.0 Å². The lowest BCUT2D eigenvalue weighted by molar-refractivity contribution is -0.00440. The van der Waals surface area contributed by atoms with E-state index in [0.717, 1.165) is 19.4 Å². The number of rotatable bonds is 28. The maximum absolute atomic E-state index is 6.14. The summed E-state index contributed by atoms with van der Waals surface area (Å²) in [6, 6.07) is 10.9. The average molecular weight is 596 g/mol. The monoisotopic (exact) mass is 596 g/mol. The van der Waals surface area contributed by atoms with Gasteiger partial charge in [-0.2, -0.15) is 0 Å². The van der Waals surface area contributed by atoms with Crippen molar-refractivity contribution in [1.29, 1.82) is 0 Å². The Morgan fingerprint density at radius 1 is 0.535 bits per heavy atom. The van der Waals surface area contributed by atoms with Crippen LogP contribution in [0.15, 0.2) is 54.6 Å². The predicted molar refractivity (Wildman–Crippen MR) is 193 cm³/mol. The van der Waals surface area contributed by atoms with Crippen molar-refractivity contribution in [3.8, 4) is 0 Å². The first-order valence-corrected chi connectivity index (χ1v) is 19.0. The smallest absolute Gasteiger partial charge is 0.139 e. The van der Waals surface area contributed by atoms with Crippen LogP contribution >= 0.6 is 0 Å². The zero-order valence-corrected chi connectivity index (χ0v) is 29.0. The Bertz CT molecular complexity index is 741. The Kier molecular flexibility index (Phi) is 28.2. The normalized spacial score (nSPS) is 15.9. The van der Waals surface area contributed by atoms with Crippen LogP contribution in [0.1, 0.15) is 186 Å². The van der Waals surface area contributed by atoms with Crippen LogP contribution in [0, 0.1) is 0 Å². The van der Waals surface area contributed by atoms with Crippen LogP contribution in [-0.4, -0.2) is 12.3 Å². The lowest BCUT2D eigenvalue weighted by atomic mass is 10.0. The maximum Gasteiger partial charge on any atom is 0.139 e. The second-order valence-corrected chi connectivity index (χ2v) is 13.2. The number of hydrogen-bond acceptors (Lipinski definition) is 2. The molecule has 1 aliphatic carbocycles. The van der Waals surface area contributed by atoms with Crippen molar-refractivity contribution in [3.05, 3.63) is 60.2 Å². The third-order valence-electron chi connectivity index (χ3n) is 8.84. The van der Waals surface area contributed by atoms with Crippen LogP contribution < -0.4 is 5.73 Å². The van der Waals surface area contributed by atoms with Gasteiger partial charge in [0.15, 0.2) is 0 Å². The molecule has 0 aromatic heterocycles. The molecule has 2 heteroatoms. The molecule has 1 aromatic rings. The Morgan fingerprint density at radius 3 is 1.37 bits per heavy atom. The highest BCUT2D eigenvalue weighted by molar-refractivity contribution is 5.16. The van der Waals surface area contributed by atoms with E-state index in [1.54, 1.807) is 0 Å². The number of hydrogen-bond donors (Lipinski definition) is 1. The summed E-state index contributed by atoms with van der Waals surface area (Å²) in [4.78, 5) is 0. The fourth-order valence-electron chi connectivity index (χ4n) is 5.92. The minimum Gasteiger partial charge on any atom is -0.357 e. The molecule has 0 aliphatic heterocycles. The molecule has 1 unspecified atom stereocenters. The second kappa shape index (κ2) is 30.6. The Morgan fingerprint density at radius 2 is 0.953 bits per heavy atom. The summed E-state index contributed by atoms with van der Waals surface area (Å²) in [5.41, 5.74) is 7.09. The number of allylic oxidation sites excluding steroid dienone is 2. The van der Waals surface area contributed by atoms with Crippen LogP contribution in [0.4, 0.5) is 0 Å². The number of nitrogens with two attached hydrogens (primary N) is 1. The zero-order valence-electron chi connectivity index (χ0n) is 29.0. The molecule has 0 saturated carbocycles. The molecule has 2 rings (SSSR count). The van der Waals surface area contributed by atoms with E-state index in [9.17, 15) is 0 Å². The molecule has 0 fully saturated rings. The van der Waals surface area contributed by atoms with Gasteiger partial charge in [-0.05, 0) is 30.9 Å². The largest absolute Gasteiger partial charge is 0.357 e. The maximum atomic E-state index is 6.14. The number of ether oxygens (including phenoxy) is 1. The molecule has 0 radical (unpaired) electrons. The minimum atomic E-state index is -0.549. The topological polar surface area (TPSA) is 35.2 Å². The molecular formula is C41H73NO. The van der Waals surface area contributed by atoms with E-state index in [1.807, 2.05) is 18.2 Å². The number of unbranched alkanes of at least 4 members (excludes halogenated alkanes) is 23. The highest BCUT2D eigenvalue weighted by atomic mass is 16.5. The molecule has 43 heavy (non-hydrogen) atoms. The van der Waals surface area contributed by atoms with Crippen molar-refractivity contribution in [3.63, 3.8) is 0 Å². The molecule has 0 amide bonds. The zero-order chi connectivity index (χ0) is 30.9. The fourth-order valence-corrected chi connectivity index (χ4v) is 5.92. The number of aryl methyl sites for hydroxylation is 1. The third kappa shape index (κ3) is 26.7. The molecule has 2 nitrogen and oxygen atoms in total. The first-order chi connectivity index (χ1) is 21.2. The molecule has 0 saturated heterocycles. The lowest BCUT2D eigenvalue weighted by Crippen LogP contribution is -2.41. The predicted octanol–water partition coefficient (Wildman–Crippen LogP) is 13.2. The van der Waals surface area contributed by atoms with Crippen LogP contribution in [-0.2, 0) is 11.2 Å². The van der Waals surface area contributed by atoms with Crippen molar-refractivity contribution in [1.82, 2.24) is 0 Å². The van der Waals surface area contributed by atoms with Crippen molar-refractivity contribution >= 4 is 0 Å². The third-order valence-corrected chi connectivity index (χ3v) is 8.84. The van der Waals surface area contributed by atoms with Crippen LogP contribution in [0.3, 0.4) is 0 Å². The van der Waals surface area contributed by atoms with E-state index in [-0.39, 0.29) is 0 Å². The Labute approximate surface area is 269 Å². The van der Waals surface area contributed by atoms with E-state index < -0.39 is 5.72 Å². The fraction of sp³-hybridized carbons (Fsp3) is 0.756. The van der Waals surface area contributed by atoms with Crippen molar-refractivity contribution in [2.75, 3.05) is 6.61 Å². The molecule has 248 valence electrons. The van der Waals surface area contributed by atoms with Gasteiger partial charge in [-0.1, -0.05) is 210 Å². The van der Waals surface area contributed by atoms with Crippen molar-refractivity contribution in [2.45, 2.75) is 193 Å². The average Bonchev–Trinajstić information content (AvgIpc) is 3.03. The summed E-state index contributed by atoms with van der Waals surface area (Å²) in [6.07, 6.45) is 45.3. The van der Waals surface area contributed by atoms with Gasteiger partial charge in [0.1, 0.15) is 5.72 Å². The van der Waals surface area contributed by atoms with Gasteiger partial charge in [-0.25, -0.2) is 0 Å². The standard InChI is InChI=1S/C21H36.C20H37NO/c1-2-3-4-5-6-7-8-9-10-11-12-13-15-18-21-19-16-14-17-20-21;1-2-3-4-5-6-7-8-9-10-11-12-16-19-22-20(21)17-14-13-15-18-20/h14,16-17,19-20H,2-13,15,18H2,1H3;13-15,17H,2-12,16,18-19,21H2,1H3. The van der Waals surface area contributed by atoms with Gasteiger partial charge < -0.3 is 4.74 Å². The second-order valence-electron chi connectivity index (χ2n) is 13.2. The molecule has 1 aliphatic rings. The summed E-state index contributed by atoms with van der Waals surface area (Å²) in [5.74, 6) is 0. The van der Waals surface area contributed by atoms with Gasteiger partial charge in [-0.3, -0.25) is 5.73 Å². The quantitative estimate of drug-likeness (QED) is 0.0772. The number of benzene rings is 1. The van der Waals surface area contributed by atoms with Gasteiger partial charge in [-0.15, -0.1) is 0 Å². The van der Waals surface area contributed by atoms with E-state index in [4.69, 9.17) is 10.5 Å². The van der Waals surface area contributed by atoms with E-state index in [0.29, 0.717) is 0 Å². The Hall–Kier alpha value is -1.38.